The van der Waals surface area contributed by atoms with E-state index >= 15 is 0 Å². The Balaban J connectivity index is 1.96. The van der Waals surface area contributed by atoms with Crippen LogP contribution in [0.4, 0.5) is 0 Å². The molecule has 3 aromatic rings. The second-order valence-electron chi connectivity index (χ2n) is 5.36. The van der Waals surface area contributed by atoms with Gasteiger partial charge in [-0.25, -0.2) is 0 Å². The van der Waals surface area contributed by atoms with E-state index in [1.165, 1.54) is 16.7 Å². The predicted octanol–water partition coefficient (Wildman–Crippen LogP) is 5.08. The summed E-state index contributed by atoms with van der Waals surface area (Å²) < 4.78 is 12.0. The molecule has 0 saturated carbocycles. The van der Waals surface area contributed by atoms with Gasteiger partial charge in [0.15, 0.2) is 6.10 Å². The molecule has 2 nitrogen and oxygen atoms in total. The van der Waals surface area contributed by atoms with Crippen LogP contribution >= 0.6 is 0 Å². The standard InChI is InChI=1S/C19H12O2/c1-2-7-13-12(6-1)17-14-8-3-4-10-16(14)21-19(17)15-9-5-11-20-18(13)15/h1-11,18H. The van der Waals surface area contributed by atoms with Crippen LogP contribution in [0.15, 0.2) is 71.4 Å². The van der Waals surface area contributed by atoms with E-state index in [9.17, 15) is 0 Å². The molecule has 0 N–H and O–H groups in total. The highest BCUT2D eigenvalue weighted by Crippen LogP contribution is 2.51. The average Bonchev–Trinajstić information content (AvgIpc) is 2.95. The Morgan fingerprint density at radius 3 is 2.76 bits per heavy atom. The SMILES string of the molecule is C1=COC2C(=C1)c1oc3ccccc3c1-c1ccccc12. The second-order valence-corrected chi connectivity index (χ2v) is 5.36. The molecule has 1 atom stereocenters. The molecule has 0 amide bonds. The summed E-state index contributed by atoms with van der Waals surface area (Å²) in [6.45, 7) is 0. The fourth-order valence-electron chi connectivity index (χ4n) is 3.33. The number of hydrogen-bond donors (Lipinski definition) is 0. The third-order valence-electron chi connectivity index (χ3n) is 4.22. The zero-order valence-electron chi connectivity index (χ0n) is 11.2. The van der Waals surface area contributed by atoms with Crippen molar-refractivity contribution in [3.63, 3.8) is 0 Å². The van der Waals surface area contributed by atoms with Gasteiger partial charge in [-0.15, -0.1) is 0 Å². The zero-order valence-corrected chi connectivity index (χ0v) is 11.2. The van der Waals surface area contributed by atoms with E-state index < -0.39 is 0 Å². The van der Waals surface area contributed by atoms with Gasteiger partial charge < -0.3 is 9.15 Å². The topological polar surface area (TPSA) is 22.4 Å². The lowest BCUT2D eigenvalue weighted by Crippen LogP contribution is -2.12. The molecule has 1 aromatic heterocycles. The van der Waals surface area contributed by atoms with Gasteiger partial charge in [-0.05, 0) is 23.8 Å². The normalized spacial score (nSPS) is 18.5. The summed E-state index contributed by atoms with van der Waals surface area (Å²) in [7, 11) is 0. The van der Waals surface area contributed by atoms with Crippen LogP contribution < -0.4 is 0 Å². The third kappa shape index (κ3) is 1.37. The van der Waals surface area contributed by atoms with E-state index in [4.69, 9.17) is 9.15 Å². The Labute approximate surface area is 122 Å². The minimum atomic E-state index is -0.0701. The number of para-hydroxylation sites is 1. The van der Waals surface area contributed by atoms with Crippen LogP contribution in [-0.2, 0) is 4.74 Å². The smallest absolute Gasteiger partial charge is 0.152 e. The van der Waals surface area contributed by atoms with E-state index in [2.05, 4.69) is 42.5 Å². The lowest BCUT2D eigenvalue weighted by molar-refractivity contribution is 0.192. The van der Waals surface area contributed by atoms with Crippen LogP contribution in [0.3, 0.4) is 0 Å². The number of furan rings is 1. The number of allylic oxidation sites excluding steroid dienone is 2. The van der Waals surface area contributed by atoms with Crippen molar-refractivity contribution in [3.05, 3.63) is 78.3 Å². The maximum absolute atomic E-state index is 6.13. The predicted molar refractivity (Wildman–Crippen MR) is 82.6 cm³/mol. The van der Waals surface area contributed by atoms with E-state index in [-0.39, 0.29) is 6.10 Å². The Kier molecular flexibility index (Phi) is 2.03. The van der Waals surface area contributed by atoms with Gasteiger partial charge in [-0.1, -0.05) is 42.5 Å². The fraction of sp³-hybridized carbons (Fsp3) is 0.0526. The van der Waals surface area contributed by atoms with Crippen LogP contribution in [0.2, 0.25) is 0 Å². The van der Waals surface area contributed by atoms with Crippen molar-refractivity contribution in [2.75, 3.05) is 0 Å². The quantitative estimate of drug-likeness (QED) is 0.569. The highest BCUT2D eigenvalue weighted by molar-refractivity contribution is 6.03. The molecular formula is C19H12O2. The van der Waals surface area contributed by atoms with Gasteiger partial charge >= 0.3 is 0 Å². The molecule has 100 valence electrons. The van der Waals surface area contributed by atoms with Crippen molar-refractivity contribution in [2.24, 2.45) is 0 Å². The first-order chi connectivity index (χ1) is 10.4. The lowest BCUT2D eigenvalue weighted by Gasteiger charge is -2.28. The minimum Gasteiger partial charge on any atom is -0.488 e. The van der Waals surface area contributed by atoms with Crippen LogP contribution in [0.1, 0.15) is 17.4 Å². The first kappa shape index (κ1) is 11.0. The van der Waals surface area contributed by atoms with E-state index in [1.807, 2.05) is 18.2 Å². The fourth-order valence-corrected chi connectivity index (χ4v) is 3.33. The van der Waals surface area contributed by atoms with E-state index in [0.717, 1.165) is 22.3 Å². The summed E-state index contributed by atoms with van der Waals surface area (Å²) in [6.07, 6.45) is 5.69. The van der Waals surface area contributed by atoms with Gasteiger partial charge in [0.1, 0.15) is 11.3 Å². The summed E-state index contributed by atoms with van der Waals surface area (Å²) in [5.41, 5.74) is 5.61. The van der Waals surface area contributed by atoms with Gasteiger partial charge in [0.25, 0.3) is 0 Å². The summed E-state index contributed by atoms with van der Waals surface area (Å²) >= 11 is 0. The van der Waals surface area contributed by atoms with Crippen molar-refractivity contribution in [1.82, 2.24) is 0 Å². The average molecular weight is 272 g/mol. The Hall–Kier alpha value is -2.74. The second kappa shape index (κ2) is 3.89. The molecule has 1 aliphatic carbocycles. The van der Waals surface area contributed by atoms with Gasteiger partial charge in [-0.2, -0.15) is 0 Å². The first-order valence-electron chi connectivity index (χ1n) is 7.07. The van der Waals surface area contributed by atoms with Crippen molar-refractivity contribution in [2.45, 2.75) is 6.10 Å². The monoisotopic (exact) mass is 272 g/mol. The number of fused-ring (bicyclic) bond motifs is 8. The summed E-state index contributed by atoms with van der Waals surface area (Å²) in [5.74, 6) is 0.934. The maximum atomic E-state index is 6.13. The molecule has 0 spiro atoms. The minimum absolute atomic E-state index is 0.0701. The molecule has 0 bridgehead atoms. The molecular weight excluding hydrogens is 260 g/mol. The molecule has 21 heavy (non-hydrogen) atoms. The molecule has 5 rings (SSSR count). The molecule has 1 unspecified atom stereocenters. The Morgan fingerprint density at radius 1 is 0.905 bits per heavy atom. The Bertz CT molecular complexity index is 928. The molecule has 2 heteroatoms. The molecule has 0 fully saturated rings. The van der Waals surface area contributed by atoms with Gasteiger partial charge in [0.2, 0.25) is 0 Å². The number of benzene rings is 2. The van der Waals surface area contributed by atoms with Crippen LogP contribution in [0.5, 0.6) is 0 Å². The van der Waals surface area contributed by atoms with Crippen molar-refractivity contribution >= 4 is 16.5 Å². The molecule has 2 heterocycles. The summed E-state index contributed by atoms with van der Waals surface area (Å²) in [5, 5.41) is 1.16. The van der Waals surface area contributed by atoms with Crippen molar-refractivity contribution in [1.29, 1.82) is 0 Å². The summed E-state index contributed by atoms with van der Waals surface area (Å²) in [6, 6.07) is 16.6. The number of ether oxygens (including phenoxy) is 1. The third-order valence-corrected chi connectivity index (χ3v) is 4.22. The lowest BCUT2D eigenvalue weighted by atomic mass is 9.83. The van der Waals surface area contributed by atoms with Crippen molar-refractivity contribution < 1.29 is 9.15 Å². The largest absolute Gasteiger partial charge is 0.488 e. The number of hydrogen-bond acceptors (Lipinski definition) is 2. The molecule has 0 radical (unpaired) electrons. The number of rotatable bonds is 0. The van der Waals surface area contributed by atoms with Gasteiger partial charge in [-0.3, -0.25) is 0 Å². The van der Waals surface area contributed by atoms with E-state index in [0.29, 0.717) is 0 Å². The van der Waals surface area contributed by atoms with Crippen LogP contribution in [0, 0.1) is 0 Å². The summed E-state index contributed by atoms with van der Waals surface area (Å²) in [4.78, 5) is 0. The van der Waals surface area contributed by atoms with Gasteiger partial charge in [0.05, 0.1) is 6.26 Å². The maximum Gasteiger partial charge on any atom is 0.152 e. The Morgan fingerprint density at radius 2 is 1.76 bits per heavy atom. The zero-order chi connectivity index (χ0) is 13.8. The highest BCUT2D eigenvalue weighted by Gasteiger charge is 2.34. The molecule has 2 aromatic carbocycles. The molecule has 2 aliphatic rings. The van der Waals surface area contributed by atoms with E-state index in [1.54, 1.807) is 6.26 Å². The molecule has 1 aliphatic heterocycles. The molecule has 0 saturated heterocycles. The first-order valence-corrected chi connectivity index (χ1v) is 7.07. The van der Waals surface area contributed by atoms with Crippen LogP contribution in [0.25, 0.3) is 27.7 Å². The van der Waals surface area contributed by atoms with Crippen LogP contribution in [-0.4, -0.2) is 0 Å². The van der Waals surface area contributed by atoms with Crippen molar-refractivity contribution in [3.8, 4) is 11.1 Å². The highest BCUT2D eigenvalue weighted by atomic mass is 16.5. The van der Waals surface area contributed by atoms with Gasteiger partial charge in [0, 0.05) is 22.1 Å².